The molecule has 10 heteroatoms. The van der Waals surface area contributed by atoms with Crippen LogP contribution in [-0.2, 0) is 11.3 Å². The number of ether oxygens (including phenoxy) is 1. The summed E-state index contributed by atoms with van der Waals surface area (Å²) in [7, 11) is 0. The average Bonchev–Trinajstić information content (AvgIpc) is 3.40. The van der Waals surface area contributed by atoms with Crippen LogP contribution in [0.2, 0.25) is 0 Å². The second-order valence-corrected chi connectivity index (χ2v) is 11.7. The number of hydrogen-bond acceptors (Lipinski definition) is 8. The number of piperazine rings is 1. The molecule has 3 heterocycles. The van der Waals surface area contributed by atoms with Crippen molar-refractivity contribution in [3.8, 4) is 11.1 Å². The molecule has 41 heavy (non-hydrogen) atoms. The van der Waals surface area contributed by atoms with Gasteiger partial charge in [-0.15, -0.1) is 0 Å². The third-order valence-corrected chi connectivity index (χ3v) is 7.09. The summed E-state index contributed by atoms with van der Waals surface area (Å²) in [6, 6.07) is 18.5. The molecule has 2 N–H and O–H groups in total. The van der Waals surface area contributed by atoms with E-state index >= 15 is 0 Å². The first-order valence-corrected chi connectivity index (χ1v) is 14.1. The Morgan fingerprint density at radius 2 is 1.76 bits per heavy atom. The van der Waals surface area contributed by atoms with E-state index in [2.05, 4.69) is 60.5 Å². The van der Waals surface area contributed by atoms with Crippen molar-refractivity contribution in [3.63, 3.8) is 0 Å². The van der Waals surface area contributed by atoms with Crippen LogP contribution in [0.1, 0.15) is 46.2 Å². The van der Waals surface area contributed by atoms with E-state index in [0.29, 0.717) is 43.5 Å². The fraction of sp³-hybridized carbons (Fsp3) is 0.419. The summed E-state index contributed by atoms with van der Waals surface area (Å²) in [6.07, 6.45) is 1.37. The molecular weight excluding hydrogens is 518 g/mol. The van der Waals surface area contributed by atoms with Crippen LogP contribution in [-0.4, -0.2) is 73.5 Å². The Labute approximate surface area is 241 Å². The number of aromatic nitrogens is 4. The third-order valence-electron chi connectivity index (χ3n) is 7.09. The lowest BCUT2D eigenvalue weighted by atomic mass is 10.0. The van der Waals surface area contributed by atoms with Gasteiger partial charge >= 0.3 is 6.09 Å². The Morgan fingerprint density at radius 3 is 2.41 bits per heavy atom. The highest BCUT2D eigenvalue weighted by Gasteiger charge is 2.34. The van der Waals surface area contributed by atoms with Crippen molar-refractivity contribution in [2.45, 2.75) is 58.8 Å². The van der Waals surface area contributed by atoms with E-state index in [-0.39, 0.29) is 12.6 Å². The number of aliphatic hydroxyl groups excluding tert-OH is 1. The van der Waals surface area contributed by atoms with Gasteiger partial charge in [0.15, 0.2) is 17.0 Å². The van der Waals surface area contributed by atoms with E-state index in [1.165, 1.54) is 11.1 Å². The third kappa shape index (κ3) is 6.43. The molecule has 5 rings (SSSR count). The molecule has 2 aromatic carbocycles. The van der Waals surface area contributed by atoms with Gasteiger partial charge in [-0.25, -0.2) is 9.78 Å². The molecule has 10 nitrogen and oxygen atoms in total. The largest absolute Gasteiger partial charge is 0.444 e. The standard InChI is InChI=1S/C31H39N7O3/c1-21(2)38-20-33-26-27(32-17-22-11-13-24(14-12-22)23-9-7-6-8-10-23)34-29(35-28(26)38)36-15-16-37(25(18-36)19-39)30(40)41-31(3,4)5/h6-14,20-21,25,39H,15-19H2,1-5H3,(H,32,34,35)/t25-/m1/s1. The van der Waals surface area contributed by atoms with Crippen molar-refractivity contribution < 1.29 is 14.6 Å². The summed E-state index contributed by atoms with van der Waals surface area (Å²) in [6.45, 7) is 11.4. The van der Waals surface area contributed by atoms with Crippen molar-refractivity contribution in [2.24, 2.45) is 0 Å². The predicted octanol–water partition coefficient (Wildman–Crippen LogP) is 5.10. The zero-order valence-corrected chi connectivity index (χ0v) is 24.4. The molecule has 0 saturated carbocycles. The van der Waals surface area contributed by atoms with Gasteiger partial charge < -0.3 is 24.6 Å². The minimum atomic E-state index is -0.611. The fourth-order valence-electron chi connectivity index (χ4n) is 4.93. The highest BCUT2D eigenvalue weighted by atomic mass is 16.6. The Bertz CT molecular complexity index is 1480. The molecular formula is C31H39N7O3. The lowest BCUT2D eigenvalue weighted by molar-refractivity contribution is 0.00694. The number of anilines is 2. The van der Waals surface area contributed by atoms with Gasteiger partial charge in [-0.1, -0.05) is 54.6 Å². The number of carbonyl (C=O) groups excluding carboxylic acids is 1. The molecule has 0 aliphatic carbocycles. The summed E-state index contributed by atoms with van der Waals surface area (Å²) in [5, 5.41) is 13.6. The highest BCUT2D eigenvalue weighted by Crippen LogP contribution is 2.27. The summed E-state index contributed by atoms with van der Waals surface area (Å²) in [5.41, 5.74) is 4.30. The number of imidazole rings is 1. The van der Waals surface area contributed by atoms with Gasteiger partial charge in [-0.3, -0.25) is 4.90 Å². The minimum Gasteiger partial charge on any atom is -0.444 e. The number of aliphatic hydroxyl groups is 1. The molecule has 0 radical (unpaired) electrons. The quantitative estimate of drug-likeness (QED) is 0.323. The van der Waals surface area contributed by atoms with Crippen LogP contribution in [0.25, 0.3) is 22.3 Å². The number of benzene rings is 2. The molecule has 1 saturated heterocycles. The summed E-state index contributed by atoms with van der Waals surface area (Å²) >= 11 is 0. The molecule has 0 unspecified atom stereocenters. The number of amides is 1. The molecule has 1 atom stereocenters. The first-order valence-electron chi connectivity index (χ1n) is 14.1. The van der Waals surface area contributed by atoms with Crippen molar-refractivity contribution in [1.29, 1.82) is 0 Å². The topological polar surface area (TPSA) is 109 Å². The zero-order valence-electron chi connectivity index (χ0n) is 24.4. The molecule has 4 aromatic rings. The summed E-state index contributed by atoms with van der Waals surface area (Å²) < 4.78 is 7.60. The SMILES string of the molecule is CC(C)n1cnc2c(NCc3ccc(-c4ccccc4)cc3)nc(N3CCN(C(=O)OC(C)(C)C)[C@@H](CO)C3)nc21. The van der Waals surface area contributed by atoms with Gasteiger partial charge in [0.1, 0.15) is 5.60 Å². The monoisotopic (exact) mass is 557 g/mol. The van der Waals surface area contributed by atoms with Crippen LogP contribution in [0.4, 0.5) is 16.6 Å². The molecule has 2 aromatic heterocycles. The number of carbonyl (C=O) groups is 1. The Balaban J connectivity index is 1.38. The molecule has 1 amide bonds. The van der Waals surface area contributed by atoms with Crippen molar-refractivity contribution in [1.82, 2.24) is 24.4 Å². The molecule has 216 valence electrons. The van der Waals surface area contributed by atoms with Crippen LogP contribution in [0, 0.1) is 0 Å². The fourth-order valence-corrected chi connectivity index (χ4v) is 4.93. The van der Waals surface area contributed by atoms with E-state index < -0.39 is 17.7 Å². The Morgan fingerprint density at radius 1 is 1.05 bits per heavy atom. The lowest BCUT2D eigenvalue weighted by Gasteiger charge is -2.41. The number of nitrogens with zero attached hydrogens (tertiary/aromatic N) is 6. The van der Waals surface area contributed by atoms with Gasteiger partial charge in [0.05, 0.1) is 19.0 Å². The highest BCUT2D eigenvalue weighted by molar-refractivity contribution is 5.84. The molecule has 1 aliphatic rings. The number of hydrogen-bond donors (Lipinski definition) is 2. The van der Waals surface area contributed by atoms with E-state index in [4.69, 9.17) is 14.7 Å². The van der Waals surface area contributed by atoms with E-state index in [0.717, 1.165) is 11.2 Å². The maximum Gasteiger partial charge on any atom is 0.410 e. The van der Waals surface area contributed by atoms with Crippen LogP contribution >= 0.6 is 0 Å². The second kappa shape index (κ2) is 11.7. The van der Waals surface area contributed by atoms with Crippen LogP contribution in [0.15, 0.2) is 60.9 Å². The summed E-state index contributed by atoms with van der Waals surface area (Å²) in [5.74, 6) is 1.18. The lowest BCUT2D eigenvalue weighted by Crippen LogP contribution is -2.57. The second-order valence-electron chi connectivity index (χ2n) is 11.7. The Hall–Kier alpha value is -4.18. The van der Waals surface area contributed by atoms with E-state index in [9.17, 15) is 9.90 Å². The minimum absolute atomic E-state index is 0.162. The van der Waals surface area contributed by atoms with Gasteiger partial charge in [0, 0.05) is 32.2 Å². The van der Waals surface area contributed by atoms with Crippen molar-refractivity contribution in [3.05, 3.63) is 66.5 Å². The Kier molecular flexibility index (Phi) is 8.12. The maximum absolute atomic E-state index is 12.8. The average molecular weight is 558 g/mol. The number of rotatable bonds is 7. The first kappa shape index (κ1) is 28.4. The van der Waals surface area contributed by atoms with Gasteiger partial charge in [-0.05, 0) is 51.3 Å². The molecule has 1 fully saturated rings. The molecule has 0 bridgehead atoms. The van der Waals surface area contributed by atoms with Crippen LogP contribution < -0.4 is 10.2 Å². The van der Waals surface area contributed by atoms with Crippen molar-refractivity contribution in [2.75, 3.05) is 36.5 Å². The normalized spacial score (nSPS) is 15.9. The molecule has 1 aliphatic heterocycles. The van der Waals surface area contributed by atoms with Crippen LogP contribution in [0.3, 0.4) is 0 Å². The maximum atomic E-state index is 12.8. The van der Waals surface area contributed by atoms with Gasteiger partial charge in [0.25, 0.3) is 0 Å². The van der Waals surface area contributed by atoms with Crippen LogP contribution in [0.5, 0.6) is 0 Å². The van der Waals surface area contributed by atoms with Gasteiger partial charge in [-0.2, -0.15) is 9.97 Å². The van der Waals surface area contributed by atoms with Gasteiger partial charge in [0.2, 0.25) is 5.95 Å². The zero-order chi connectivity index (χ0) is 29.1. The van der Waals surface area contributed by atoms with E-state index in [1.807, 2.05) is 48.4 Å². The van der Waals surface area contributed by atoms with Crippen molar-refractivity contribution >= 4 is 29.0 Å². The van der Waals surface area contributed by atoms with E-state index in [1.54, 1.807) is 11.2 Å². The smallest absolute Gasteiger partial charge is 0.410 e. The first-order chi connectivity index (χ1) is 19.6. The molecule has 0 spiro atoms. The number of nitrogens with one attached hydrogen (secondary N) is 1. The summed E-state index contributed by atoms with van der Waals surface area (Å²) in [4.78, 5) is 30.8. The predicted molar refractivity (Wildman–Crippen MR) is 161 cm³/mol. The number of fused-ring (bicyclic) bond motifs is 1.